The molecule has 3 rings (SSSR count). The molecule has 37 heavy (non-hydrogen) atoms. The van der Waals surface area contributed by atoms with Crippen LogP contribution in [0.5, 0.6) is 0 Å². The number of cyclic esters (lactones) is 3. The van der Waals surface area contributed by atoms with E-state index >= 15 is 0 Å². The second-order valence-electron chi connectivity index (χ2n) is 6.93. The van der Waals surface area contributed by atoms with Gasteiger partial charge >= 0.3 is 17.9 Å². The minimum Gasteiger partial charge on any atom is -0.505 e. The zero-order valence-electron chi connectivity index (χ0n) is 18.6. The third-order valence-electron chi connectivity index (χ3n) is 4.43. The van der Waals surface area contributed by atoms with Gasteiger partial charge in [-0.2, -0.15) is 9.90 Å². The van der Waals surface area contributed by atoms with Crippen LogP contribution in [0, 0.1) is 0 Å². The summed E-state index contributed by atoms with van der Waals surface area (Å²) in [5, 5.41) is 105. The Labute approximate surface area is 209 Å². The molecule has 0 aliphatic carbocycles. The Bertz CT molecular complexity index is 822. The topological polar surface area (TPSA) is 322 Å². The number of hydrogen-bond acceptors (Lipinski definition) is 18. The molecule has 0 saturated heterocycles. The fourth-order valence-electron chi connectivity index (χ4n) is 2.47. The molecule has 212 valence electrons. The normalized spacial score (nSPS) is 25.1. The molecule has 3 heterocycles. The molecular formula is C18H27O18P. The minimum atomic E-state index is -1.42. The lowest BCUT2D eigenvalue weighted by Gasteiger charge is -2.13. The second-order valence-corrected chi connectivity index (χ2v) is 6.93. The van der Waals surface area contributed by atoms with Gasteiger partial charge in [0.05, 0.1) is 19.8 Å². The van der Waals surface area contributed by atoms with Crippen LogP contribution < -0.4 is 0 Å². The van der Waals surface area contributed by atoms with Gasteiger partial charge in [0, 0.05) is 0 Å². The molecule has 1 unspecified atom stereocenters. The molecule has 0 aromatic carbocycles. The van der Waals surface area contributed by atoms with Crippen molar-refractivity contribution >= 4 is 27.8 Å². The van der Waals surface area contributed by atoms with E-state index in [0.717, 1.165) is 0 Å². The first-order valence-electron chi connectivity index (χ1n) is 9.59. The van der Waals surface area contributed by atoms with Gasteiger partial charge in [0.2, 0.25) is 17.3 Å². The average Bonchev–Trinajstić information content (AvgIpc) is 3.40. The highest BCUT2D eigenvalue weighted by molar-refractivity contribution is 6.92. The Kier molecular flexibility index (Phi) is 13.1. The van der Waals surface area contributed by atoms with Crippen molar-refractivity contribution in [3.63, 3.8) is 0 Å². The highest BCUT2D eigenvalue weighted by Gasteiger charge is 2.40. The van der Waals surface area contributed by atoms with Crippen LogP contribution in [0.1, 0.15) is 0 Å². The van der Waals surface area contributed by atoms with E-state index in [2.05, 4.69) is 14.2 Å². The molecule has 0 radical (unpaired) electrons. The van der Waals surface area contributed by atoms with E-state index in [4.69, 9.17) is 61.3 Å². The molecule has 19 heteroatoms. The smallest absolute Gasteiger partial charge is 0.377 e. The number of rotatable bonds is 6. The summed E-state index contributed by atoms with van der Waals surface area (Å²) in [6.45, 7) is -2.01. The Morgan fingerprint density at radius 3 is 0.811 bits per heavy atom. The molecule has 0 aromatic rings. The number of aliphatic hydroxyl groups excluding tert-OH is 12. The Morgan fingerprint density at radius 1 is 0.514 bits per heavy atom. The maximum Gasteiger partial charge on any atom is 0.377 e. The van der Waals surface area contributed by atoms with Crippen molar-refractivity contribution < 1.29 is 89.9 Å². The fourth-order valence-corrected chi connectivity index (χ4v) is 2.47. The summed E-state index contributed by atoms with van der Waals surface area (Å²) in [6, 6.07) is 0. The van der Waals surface area contributed by atoms with Crippen molar-refractivity contribution in [1.82, 2.24) is 0 Å². The van der Waals surface area contributed by atoms with Crippen molar-refractivity contribution in [3.05, 3.63) is 34.6 Å². The van der Waals surface area contributed by atoms with Crippen molar-refractivity contribution in [2.45, 2.75) is 36.6 Å². The average molecular weight is 562 g/mol. The first kappa shape index (κ1) is 33.6. The Hall–Kier alpha value is -3.38. The van der Waals surface area contributed by atoms with Gasteiger partial charge in [-0.3, -0.25) is 0 Å². The van der Waals surface area contributed by atoms with Gasteiger partial charge in [0.1, 0.15) is 18.3 Å². The lowest BCUT2D eigenvalue weighted by molar-refractivity contribution is -0.148. The van der Waals surface area contributed by atoms with Crippen LogP contribution in [0.3, 0.4) is 0 Å². The molecule has 3 aliphatic rings. The number of ether oxygens (including phenoxy) is 3. The summed E-state index contributed by atoms with van der Waals surface area (Å²) in [6.07, 6.45) is -8.33. The van der Waals surface area contributed by atoms with Gasteiger partial charge in [-0.25, -0.2) is 14.4 Å². The maximum atomic E-state index is 10.5. The standard InChI is InChI=1S/3C6H8O6.H3P/c3*7-1-2(8)5-3(9)4(10)6(11)12-5;/h3*2,5,7-10H,1H2;1H3/t3*2-,5+;/m000./s1. The zero-order chi connectivity index (χ0) is 27.9. The third kappa shape index (κ3) is 7.80. The maximum absolute atomic E-state index is 10.5. The summed E-state index contributed by atoms with van der Waals surface area (Å²) in [5.41, 5.74) is 0. The number of carbonyl (C=O) groups is 3. The number of carbonyl (C=O) groups excluding carboxylic acids is 3. The SMILES string of the molecule is O=C1O[C@H]([C@@H](O)CO)C(O)=C1O.O=C1O[C@H]([C@@H](O)CO)C(O)=C1O.O=C1O[C@H]([C@@H](O)CO)C(O)=C1O.P. The molecule has 18 nitrogen and oxygen atoms in total. The summed E-state index contributed by atoms with van der Waals surface area (Å²) in [7, 11) is 0. The predicted molar refractivity (Wildman–Crippen MR) is 117 cm³/mol. The van der Waals surface area contributed by atoms with Gasteiger partial charge in [-0.05, 0) is 0 Å². The van der Waals surface area contributed by atoms with Crippen molar-refractivity contribution in [1.29, 1.82) is 0 Å². The Balaban J connectivity index is 0.000000518. The van der Waals surface area contributed by atoms with Crippen LogP contribution in [0.4, 0.5) is 0 Å². The third-order valence-corrected chi connectivity index (χ3v) is 4.43. The van der Waals surface area contributed by atoms with Gasteiger partial charge in [0.15, 0.2) is 35.6 Å². The lowest BCUT2D eigenvalue weighted by atomic mass is 10.2. The van der Waals surface area contributed by atoms with E-state index < -0.39 is 109 Å². The highest BCUT2D eigenvalue weighted by Crippen LogP contribution is 2.22. The summed E-state index contributed by atoms with van der Waals surface area (Å²) >= 11 is 0. The minimum absolute atomic E-state index is 0. The monoisotopic (exact) mass is 562 g/mol. The van der Waals surface area contributed by atoms with E-state index in [-0.39, 0.29) is 9.90 Å². The molecule has 0 saturated carbocycles. The lowest BCUT2D eigenvalue weighted by Crippen LogP contribution is -2.31. The molecule has 3 aliphatic heterocycles. The molecule has 12 N–H and O–H groups in total. The zero-order valence-corrected chi connectivity index (χ0v) is 20.0. The fraction of sp³-hybridized carbons (Fsp3) is 0.500. The van der Waals surface area contributed by atoms with Gasteiger partial charge in [-0.1, -0.05) is 0 Å². The van der Waals surface area contributed by atoms with E-state index in [1.807, 2.05) is 0 Å². The first-order chi connectivity index (χ1) is 16.7. The molecule has 0 fully saturated rings. The highest BCUT2D eigenvalue weighted by atomic mass is 31.0. The Morgan fingerprint density at radius 2 is 0.703 bits per heavy atom. The largest absolute Gasteiger partial charge is 0.505 e. The van der Waals surface area contributed by atoms with Crippen molar-refractivity contribution in [2.75, 3.05) is 19.8 Å². The van der Waals surface area contributed by atoms with Crippen LogP contribution in [0.2, 0.25) is 0 Å². The number of hydrogen-bond donors (Lipinski definition) is 12. The van der Waals surface area contributed by atoms with Gasteiger partial charge in [-0.15, -0.1) is 0 Å². The van der Waals surface area contributed by atoms with Crippen LogP contribution in [-0.2, 0) is 28.6 Å². The summed E-state index contributed by atoms with van der Waals surface area (Å²) < 4.78 is 12.9. The summed E-state index contributed by atoms with van der Waals surface area (Å²) in [4.78, 5) is 31.6. The molecule has 7 atom stereocenters. The molecular weight excluding hydrogens is 535 g/mol. The van der Waals surface area contributed by atoms with Crippen molar-refractivity contribution in [2.24, 2.45) is 0 Å². The van der Waals surface area contributed by atoms with Crippen molar-refractivity contribution in [3.8, 4) is 0 Å². The van der Waals surface area contributed by atoms with E-state index in [1.54, 1.807) is 0 Å². The van der Waals surface area contributed by atoms with Crippen LogP contribution in [0.25, 0.3) is 0 Å². The first-order valence-corrected chi connectivity index (χ1v) is 9.59. The van der Waals surface area contributed by atoms with Crippen LogP contribution in [0.15, 0.2) is 34.6 Å². The van der Waals surface area contributed by atoms with Crippen LogP contribution >= 0.6 is 9.90 Å². The van der Waals surface area contributed by atoms with Crippen LogP contribution in [-0.4, -0.2) is 136 Å². The quantitative estimate of drug-likeness (QED) is 0.0829. The molecule has 0 bridgehead atoms. The molecule has 0 amide bonds. The van der Waals surface area contributed by atoms with Gasteiger partial charge < -0.3 is 75.5 Å². The van der Waals surface area contributed by atoms with E-state index in [0.29, 0.717) is 0 Å². The van der Waals surface area contributed by atoms with E-state index in [1.165, 1.54) is 0 Å². The second kappa shape index (κ2) is 14.4. The number of esters is 3. The number of aliphatic hydroxyl groups is 12. The predicted octanol–water partition coefficient (Wildman–Crippen LogP) is -4.16. The summed E-state index contributed by atoms with van der Waals surface area (Å²) in [5.74, 6) is -8.34. The molecule has 0 aromatic heterocycles. The van der Waals surface area contributed by atoms with E-state index in [9.17, 15) is 14.4 Å². The van der Waals surface area contributed by atoms with Gasteiger partial charge in [0.25, 0.3) is 0 Å². The molecule has 0 spiro atoms.